The van der Waals surface area contributed by atoms with Crippen molar-refractivity contribution in [3.05, 3.63) is 35.1 Å². The summed E-state index contributed by atoms with van der Waals surface area (Å²) >= 11 is 0. The SMILES string of the molecule is COC(C)(C)CC(C)NC(=O)N(C)Cc1cc(F)c(F)c(F)c1. The third-order valence-electron chi connectivity index (χ3n) is 3.53. The van der Waals surface area contributed by atoms with E-state index >= 15 is 0 Å². The molecule has 0 bridgehead atoms. The molecular formula is C16H23F3N2O2. The van der Waals surface area contributed by atoms with Gasteiger partial charge in [0.1, 0.15) is 0 Å². The Bertz CT molecular complexity index is 541. The van der Waals surface area contributed by atoms with Gasteiger partial charge < -0.3 is 15.0 Å². The lowest BCUT2D eigenvalue weighted by Crippen LogP contribution is -2.44. The number of urea groups is 1. The van der Waals surface area contributed by atoms with Crippen molar-refractivity contribution < 1.29 is 22.7 Å². The van der Waals surface area contributed by atoms with Crippen molar-refractivity contribution in [1.29, 1.82) is 0 Å². The standard InChI is InChI=1S/C16H23F3N2O2/c1-10(8-16(2,3)23-5)20-15(22)21(4)9-11-6-12(17)14(19)13(18)7-11/h6-7,10H,8-9H2,1-5H3,(H,20,22). The highest BCUT2D eigenvalue weighted by Gasteiger charge is 2.22. The van der Waals surface area contributed by atoms with Gasteiger partial charge in [-0.2, -0.15) is 0 Å². The molecule has 0 radical (unpaired) electrons. The number of halogens is 3. The Kier molecular flexibility index (Phi) is 6.44. The molecule has 0 aliphatic carbocycles. The van der Waals surface area contributed by atoms with E-state index in [1.807, 2.05) is 20.8 Å². The first kappa shape index (κ1) is 19.3. The predicted octanol–water partition coefficient (Wildman–Crippen LogP) is 3.45. The minimum Gasteiger partial charge on any atom is -0.379 e. The van der Waals surface area contributed by atoms with Gasteiger partial charge in [0.2, 0.25) is 0 Å². The molecule has 2 amide bonds. The third-order valence-corrected chi connectivity index (χ3v) is 3.53. The van der Waals surface area contributed by atoms with Crippen LogP contribution in [0.2, 0.25) is 0 Å². The molecule has 4 nitrogen and oxygen atoms in total. The number of rotatable bonds is 6. The van der Waals surface area contributed by atoms with E-state index in [-0.39, 0.29) is 23.8 Å². The molecule has 0 saturated heterocycles. The zero-order chi connectivity index (χ0) is 17.8. The van der Waals surface area contributed by atoms with Gasteiger partial charge in [-0.05, 0) is 44.9 Å². The van der Waals surface area contributed by atoms with Gasteiger partial charge in [-0.15, -0.1) is 0 Å². The fourth-order valence-electron chi connectivity index (χ4n) is 2.24. The summed E-state index contributed by atoms with van der Waals surface area (Å²) in [5.74, 6) is -4.07. The Labute approximate surface area is 134 Å². The maximum atomic E-state index is 13.2. The number of carbonyl (C=O) groups is 1. The zero-order valence-electron chi connectivity index (χ0n) is 14.0. The van der Waals surface area contributed by atoms with Crippen LogP contribution >= 0.6 is 0 Å². The average Bonchev–Trinajstić information content (AvgIpc) is 2.43. The monoisotopic (exact) mass is 332 g/mol. The van der Waals surface area contributed by atoms with Gasteiger partial charge in [0, 0.05) is 26.7 Å². The number of hydrogen-bond acceptors (Lipinski definition) is 2. The average molecular weight is 332 g/mol. The van der Waals surface area contributed by atoms with E-state index in [9.17, 15) is 18.0 Å². The Morgan fingerprint density at radius 3 is 2.30 bits per heavy atom. The number of hydrogen-bond donors (Lipinski definition) is 1. The first-order chi connectivity index (χ1) is 10.6. The van der Waals surface area contributed by atoms with Crippen molar-refractivity contribution in [1.82, 2.24) is 10.2 Å². The van der Waals surface area contributed by atoms with E-state index in [4.69, 9.17) is 4.74 Å². The summed E-state index contributed by atoms with van der Waals surface area (Å²) in [6.07, 6.45) is 0.600. The molecule has 0 spiro atoms. The summed E-state index contributed by atoms with van der Waals surface area (Å²) in [5, 5.41) is 2.78. The zero-order valence-corrected chi connectivity index (χ0v) is 14.0. The molecule has 130 valence electrons. The molecule has 0 aromatic heterocycles. The summed E-state index contributed by atoms with van der Waals surface area (Å²) in [4.78, 5) is 13.3. The lowest BCUT2D eigenvalue weighted by Gasteiger charge is -2.28. The van der Waals surface area contributed by atoms with Crippen molar-refractivity contribution in [2.75, 3.05) is 14.2 Å². The highest BCUT2D eigenvalue weighted by molar-refractivity contribution is 5.74. The van der Waals surface area contributed by atoms with E-state index < -0.39 is 23.5 Å². The maximum Gasteiger partial charge on any atom is 0.317 e. The third kappa shape index (κ3) is 5.74. The number of benzene rings is 1. The molecule has 1 rings (SSSR count). The highest BCUT2D eigenvalue weighted by Crippen LogP contribution is 2.17. The van der Waals surface area contributed by atoms with E-state index in [1.165, 1.54) is 11.9 Å². The van der Waals surface area contributed by atoms with E-state index in [2.05, 4.69) is 5.32 Å². The van der Waals surface area contributed by atoms with E-state index in [0.29, 0.717) is 6.42 Å². The van der Waals surface area contributed by atoms with Crippen LogP contribution < -0.4 is 5.32 Å². The lowest BCUT2D eigenvalue weighted by atomic mass is 10.00. The van der Waals surface area contributed by atoms with Gasteiger partial charge in [0.05, 0.1) is 5.60 Å². The van der Waals surface area contributed by atoms with Gasteiger partial charge >= 0.3 is 6.03 Å². The summed E-state index contributed by atoms with van der Waals surface area (Å²) in [7, 11) is 3.08. The number of nitrogens with zero attached hydrogens (tertiary/aromatic N) is 1. The van der Waals surface area contributed by atoms with Gasteiger partial charge in [0.15, 0.2) is 17.5 Å². The fourth-order valence-corrected chi connectivity index (χ4v) is 2.24. The number of nitrogens with one attached hydrogen (secondary N) is 1. The highest BCUT2D eigenvalue weighted by atomic mass is 19.2. The van der Waals surface area contributed by atoms with Gasteiger partial charge in [-0.25, -0.2) is 18.0 Å². The van der Waals surface area contributed by atoms with Crippen LogP contribution in [-0.4, -0.2) is 36.7 Å². The Hall–Kier alpha value is -1.76. The maximum absolute atomic E-state index is 13.2. The molecule has 0 fully saturated rings. The quantitative estimate of drug-likeness (QED) is 0.811. The van der Waals surface area contributed by atoms with Crippen LogP contribution in [0.4, 0.5) is 18.0 Å². The summed E-state index contributed by atoms with van der Waals surface area (Å²) < 4.78 is 44.6. The van der Waals surface area contributed by atoms with Crippen LogP contribution in [0.3, 0.4) is 0 Å². The number of ether oxygens (including phenoxy) is 1. The Balaban J connectivity index is 2.64. The van der Waals surface area contributed by atoms with Crippen LogP contribution in [0.5, 0.6) is 0 Å². The van der Waals surface area contributed by atoms with E-state index in [0.717, 1.165) is 12.1 Å². The van der Waals surface area contributed by atoms with Crippen LogP contribution in [-0.2, 0) is 11.3 Å². The predicted molar refractivity (Wildman–Crippen MR) is 81.5 cm³/mol. The molecule has 1 aromatic carbocycles. The lowest BCUT2D eigenvalue weighted by molar-refractivity contribution is 0.00918. The second kappa shape index (κ2) is 7.68. The summed E-state index contributed by atoms with van der Waals surface area (Å²) in [5.41, 5.74) is -0.210. The van der Waals surface area contributed by atoms with Crippen molar-refractivity contribution in [2.45, 2.75) is 45.4 Å². The molecule has 1 unspecified atom stereocenters. The molecule has 0 heterocycles. The molecule has 1 aromatic rings. The molecule has 0 aliphatic rings. The Morgan fingerprint density at radius 2 is 1.83 bits per heavy atom. The van der Waals surface area contributed by atoms with Gasteiger partial charge in [0.25, 0.3) is 0 Å². The molecule has 7 heteroatoms. The van der Waals surface area contributed by atoms with Crippen LogP contribution in [0.1, 0.15) is 32.8 Å². The van der Waals surface area contributed by atoms with Crippen molar-refractivity contribution >= 4 is 6.03 Å². The number of amides is 2. The first-order valence-corrected chi connectivity index (χ1v) is 7.26. The minimum absolute atomic E-state index is 0.0413. The topological polar surface area (TPSA) is 41.6 Å². The largest absolute Gasteiger partial charge is 0.379 e. The minimum atomic E-state index is -1.52. The number of methoxy groups -OCH3 is 1. The van der Waals surface area contributed by atoms with Gasteiger partial charge in [-0.3, -0.25) is 0 Å². The molecule has 1 atom stereocenters. The Morgan fingerprint density at radius 1 is 1.30 bits per heavy atom. The molecule has 23 heavy (non-hydrogen) atoms. The van der Waals surface area contributed by atoms with Crippen molar-refractivity contribution in [3.63, 3.8) is 0 Å². The van der Waals surface area contributed by atoms with E-state index in [1.54, 1.807) is 7.11 Å². The molecule has 0 saturated carbocycles. The summed E-state index contributed by atoms with van der Waals surface area (Å²) in [6.45, 7) is 5.61. The smallest absolute Gasteiger partial charge is 0.317 e. The van der Waals surface area contributed by atoms with Crippen molar-refractivity contribution in [3.8, 4) is 0 Å². The summed E-state index contributed by atoms with van der Waals surface area (Å²) in [6, 6.07) is 1.20. The van der Waals surface area contributed by atoms with Crippen LogP contribution in [0.15, 0.2) is 12.1 Å². The fraction of sp³-hybridized carbons (Fsp3) is 0.562. The second-order valence-electron chi connectivity index (χ2n) is 6.25. The second-order valence-corrected chi connectivity index (χ2v) is 6.25. The van der Waals surface area contributed by atoms with Crippen LogP contribution in [0, 0.1) is 17.5 Å². The molecule has 1 N–H and O–H groups in total. The van der Waals surface area contributed by atoms with Gasteiger partial charge in [-0.1, -0.05) is 0 Å². The molecular weight excluding hydrogens is 309 g/mol. The first-order valence-electron chi connectivity index (χ1n) is 7.26. The van der Waals surface area contributed by atoms with Crippen molar-refractivity contribution in [2.24, 2.45) is 0 Å². The number of carbonyl (C=O) groups excluding carboxylic acids is 1. The van der Waals surface area contributed by atoms with Crippen LogP contribution in [0.25, 0.3) is 0 Å². The molecule has 0 aliphatic heterocycles. The normalized spacial score (nSPS) is 12.9.